The number of anilines is 1. The van der Waals surface area contributed by atoms with E-state index >= 15 is 0 Å². The van der Waals surface area contributed by atoms with Crippen LogP contribution >= 0.6 is 0 Å². The Bertz CT molecular complexity index is 897. The van der Waals surface area contributed by atoms with Crippen LogP contribution in [0.2, 0.25) is 0 Å². The van der Waals surface area contributed by atoms with Crippen LogP contribution in [0.1, 0.15) is 24.5 Å². The van der Waals surface area contributed by atoms with E-state index in [2.05, 4.69) is 10.6 Å². The van der Waals surface area contributed by atoms with E-state index in [0.717, 1.165) is 11.1 Å². The number of benzene rings is 1. The van der Waals surface area contributed by atoms with Crippen molar-refractivity contribution in [2.45, 2.75) is 33.2 Å². The molecule has 2 fully saturated rings. The zero-order valence-corrected chi connectivity index (χ0v) is 19.6. The average Bonchev–Trinajstić information content (AvgIpc) is 2.78. The zero-order chi connectivity index (χ0) is 24.0. The van der Waals surface area contributed by atoms with Gasteiger partial charge in [0.25, 0.3) is 0 Å². The van der Waals surface area contributed by atoms with Gasteiger partial charge in [0.2, 0.25) is 17.7 Å². The molecule has 4 amide bonds. The van der Waals surface area contributed by atoms with Gasteiger partial charge >= 0.3 is 6.09 Å². The molecule has 10 nitrogen and oxygen atoms in total. The number of nitrogens with one attached hydrogen (secondary N) is 2. The van der Waals surface area contributed by atoms with Crippen LogP contribution in [0, 0.1) is 13.8 Å². The van der Waals surface area contributed by atoms with Gasteiger partial charge in [-0.1, -0.05) is 6.07 Å². The minimum Gasteiger partial charge on any atom is -0.450 e. The van der Waals surface area contributed by atoms with Crippen molar-refractivity contribution in [2.75, 3.05) is 57.7 Å². The number of carbonyl (C=O) groups excluding carboxylic acids is 4. The summed E-state index contributed by atoms with van der Waals surface area (Å²) in [6.07, 6.45) is -0.452. The second-order valence-electron chi connectivity index (χ2n) is 8.41. The third-order valence-electron chi connectivity index (χ3n) is 6.08. The summed E-state index contributed by atoms with van der Waals surface area (Å²) in [5.74, 6) is -0.837. The van der Waals surface area contributed by atoms with Gasteiger partial charge in [-0.2, -0.15) is 0 Å². The van der Waals surface area contributed by atoms with E-state index in [1.807, 2.05) is 36.9 Å². The third kappa shape index (κ3) is 6.44. The van der Waals surface area contributed by atoms with Crippen LogP contribution in [-0.2, 0) is 19.1 Å². The van der Waals surface area contributed by atoms with E-state index in [9.17, 15) is 19.2 Å². The summed E-state index contributed by atoms with van der Waals surface area (Å²) in [5.41, 5.74) is 2.85. The molecule has 0 aliphatic carbocycles. The monoisotopic (exact) mass is 459 g/mol. The van der Waals surface area contributed by atoms with Crippen LogP contribution in [-0.4, -0.2) is 97.0 Å². The highest BCUT2D eigenvalue weighted by atomic mass is 16.6. The topological polar surface area (TPSA) is 111 Å². The fourth-order valence-electron chi connectivity index (χ4n) is 4.01. The van der Waals surface area contributed by atoms with Crippen molar-refractivity contribution in [3.05, 3.63) is 29.3 Å². The highest BCUT2D eigenvalue weighted by molar-refractivity contribution is 5.97. The molecule has 1 atom stereocenters. The van der Waals surface area contributed by atoms with Crippen molar-refractivity contribution < 1.29 is 23.9 Å². The number of hydrogen-bond acceptors (Lipinski definition) is 6. The second kappa shape index (κ2) is 11.1. The lowest BCUT2D eigenvalue weighted by atomic mass is 10.1. The Balaban J connectivity index is 1.56. The predicted octanol–water partition coefficient (Wildman–Crippen LogP) is 0.733. The summed E-state index contributed by atoms with van der Waals surface area (Å²) >= 11 is 0. The van der Waals surface area contributed by atoms with E-state index in [1.165, 1.54) is 4.90 Å². The fourth-order valence-corrected chi connectivity index (χ4v) is 4.01. The van der Waals surface area contributed by atoms with E-state index in [0.29, 0.717) is 51.6 Å². The molecule has 0 spiro atoms. The molecular weight excluding hydrogens is 426 g/mol. The number of hydrogen-bond donors (Lipinski definition) is 2. The van der Waals surface area contributed by atoms with E-state index in [4.69, 9.17) is 4.74 Å². The highest BCUT2D eigenvalue weighted by Crippen LogP contribution is 2.16. The molecule has 2 aliphatic heterocycles. The molecule has 2 aliphatic rings. The van der Waals surface area contributed by atoms with Gasteiger partial charge in [0.05, 0.1) is 19.6 Å². The largest absolute Gasteiger partial charge is 0.450 e. The van der Waals surface area contributed by atoms with Crippen LogP contribution in [0.5, 0.6) is 0 Å². The van der Waals surface area contributed by atoms with Gasteiger partial charge in [0, 0.05) is 45.0 Å². The number of ether oxygens (including phenoxy) is 1. The first-order valence-electron chi connectivity index (χ1n) is 11.4. The van der Waals surface area contributed by atoms with E-state index in [-0.39, 0.29) is 36.8 Å². The van der Waals surface area contributed by atoms with E-state index in [1.54, 1.807) is 11.8 Å². The summed E-state index contributed by atoms with van der Waals surface area (Å²) in [5, 5.41) is 5.58. The first kappa shape index (κ1) is 24.5. The van der Waals surface area contributed by atoms with E-state index < -0.39 is 6.04 Å². The number of piperazine rings is 2. The van der Waals surface area contributed by atoms with Gasteiger partial charge in [-0.3, -0.25) is 19.3 Å². The molecule has 3 rings (SSSR count). The van der Waals surface area contributed by atoms with Crippen molar-refractivity contribution in [2.24, 2.45) is 0 Å². The van der Waals surface area contributed by atoms with Gasteiger partial charge in [0.15, 0.2) is 0 Å². The molecule has 1 aromatic carbocycles. The second-order valence-corrected chi connectivity index (χ2v) is 8.41. The predicted molar refractivity (Wildman–Crippen MR) is 123 cm³/mol. The maximum absolute atomic E-state index is 13.0. The first-order chi connectivity index (χ1) is 15.8. The number of nitrogens with zero attached hydrogens (tertiary/aromatic N) is 3. The Kier molecular flexibility index (Phi) is 8.26. The molecule has 10 heteroatoms. The van der Waals surface area contributed by atoms with Crippen LogP contribution in [0.25, 0.3) is 0 Å². The normalized spacial score (nSPS) is 19.1. The summed E-state index contributed by atoms with van der Waals surface area (Å²) in [6.45, 7) is 8.95. The Hall–Kier alpha value is -3.14. The number of rotatable bonds is 6. The van der Waals surface area contributed by atoms with Gasteiger partial charge in [0.1, 0.15) is 6.04 Å². The Morgan fingerprint density at radius 2 is 1.82 bits per heavy atom. The average molecular weight is 460 g/mol. The Morgan fingerprint density at radius 3 is 2.48 bits per heavy atom. The lowest BCUT2D eigenvalue weighted by molar-refractivity contribution is -0.145. The highest BCUT2D eigenvalue weighted by Gasteiger charge is 2.35. The molecule has 2 saturated heterocycles. The fraction of sp³-hybridized carbons (Fsp3) is 0.565. The lowest BCUT2D eigenvalue weighted by Crippen LogP contribution is -2.60. The minimum atomic E-state index is -0.849. The molecule has 0 bridgehead atoms. The van der Waals surface area contributed by atoms with Crippen molar-refractivity contribution in [1.29, 1.82) is 0 Å². The molecule has 0 saturated carbocycles. The van der Waals surface area contributed by atoms with Gasteiger partial charge in [-0.05, 0) is 44.0 Å². The molecule has 1 aromatic rings. The van der Waals surface area contributed by atoms with Crippen molar-refractivity contribution >= 4 is 29.5 Å². The maximum atomic E-state index is 13.0. The lowest BCUT2D eigenvalue weighted by Gasteiger charge is -2.38. The smallest absolute Gasteiger partial charge is 0.409 e. The minimum absolute atomic E-state index is 0.110. The quantitative estimate of drug-likeness (QED) is 0.649. The molecular formula is C23H33N5O5. The van der Waals surface area contributed by atoms with Crippen LogP contribution < -0.4 is 10.6 Å². The SMILES string of the molecule is CCOC(=O)N1CCN(CC(=O)N2CCNC(=O)[C@H]2CC(=O)Nc2ccc(C)c(C)c2)CC1. The van der Waals surface area contributed by atoms with Crippen LogP contribution in [0.15, 0.2) is 18.2 Å². The van der Waals surface area contributed by atoms with Crippen LogP contribution in [0.3, 0.4) is 0 Å². The number of aryl methyl sites for hydroxylation is 2. The van der Waals surface area contributed by atoms with Crippen LogP contribution in [0.4, 0.5) is 10.5 Å². The number of amides is 4. The van der Waals surface area contributed by atoms with Gasteiger partial charge < -0.3 is 25.2 Å². The summed E-state index contributed by atoms with van der Waals surface area (Å²) in [7, 11) is 0. The Labute approximate surface area is 194 Å². The van der Waals surface area contributed by atoms with Gasteiger partial charge in [-0.15, -0.1) is 0 Å². The summed E-state index contributed by atoms with van der Waals surface area (Å²) in [6, 6.07) is 4.78. The maximum Gasteiger partial charge on any atom is 0.409 e. The van der Waals surface area contributed by atoms with Crippen molar-refractivity contribution in [1.82, 2.24) is 20.0 Å². The van der Waals surface area contributed by atoms with Crippen molar-refractivity contribution in [3.8, 4) is 0 Å². The zero-order valence-electron chi connectivity index (χ0n) is 19.6. The summed E-state index contributed by atoms with van der Waals surface area (Å²) < 4.78 is 5.02. The Morgan fingerprint density at radius 1 is 1.09 bits per heavy atom. The molecule has 2 N–H and O–H groups in total. The standard InChI is InChI=1S/C23H33N5O5/c1-4-33-23(32)27-11-9-26(10-12-27)15-21(30)28-8-7-24-22(31)19(28)14-20(29)25-18-6-5-16(2)17(3)13-18/h5-6,13,19H,4,7-12,14-15H2,1-3H3,(H,24,31)(H,25,29)/t19-/m1/s1. The first-order valence-corrected chi connectivity index (χ1v) is 11.4. The molecule has 2 heterocycles. The molecule has 33 heavy (non-hydrogen) atoms. The number of carbonyl (C=O) groups is 4. The molecule has 0 radical (unpaired) electrons. The third-order valence-corrected chi connectivity index (χ3v) is 6.08. The molecule has 0 unspecified atom stereocenters. The summed E-state index contributed by atoms with van der Waals surface area (Å²) in [4.78, 5) is 55.1. The molecule has 180 valence electrons. The van der Waals surface area contributed by atoms with Gasteiger partial charge in [-0.25, -0.2) is 4.79 Å². The molecule has 0 aromatic heterocycles. The van der Waals surface area contributed by atoms with Crippen molar-refractivity contribution in [3.63, 3.8) is 0 Å².